The minimum atomic E-state index is 0.116. The molecule has 2 heterocycles. The minimum Gasteiger partial charge on any atom is -0.382 e. The first-order valence-corrected chi connectivity index (χ1v) is 11.6. The number of benzene rings is 3. The van der Waals surface area contributed by atoms with E-state index in [1.54, 1.807) is 6.20 Å². The molecular formula is C29H26N4O. The Balaban J connectivity index is 1.36. The van der Waals surface area contributed by atoms with E-state index in [0.717, 1.165) is 64.6 Å². The molecular weight excluding hydrogens is 420 g/mol. The van der Waals surface area contributed by atoms with E-state index in [-0.39, 0.29) is 11.9 Å². The number of carbonyl (C=O) groups is 1. The molecule has 0 aliphatic carbocycles. The van der Waals surface area contributed by atoms with Crippen molar-refractivity contribution in [1.82, 2.24) is 9.88 Å². The zero-order valence-electron chi connectivity index (χ0n) is 19.2. The molecule has 0 atom stereocenters. The lowest BCUT2D eigenvalue weighted by molar-refractivity contribution is 0.0718. The Kier molecular flexibility index (Phi) is 5.97. The van der Waals surface area contributed by atoms with Crippen LogP contribution in [0.1, 0.15) is 34.3 Å². The van der Waals surface area contributed by atoms with Crippen molar-refractivity contribution in [1.29, 1.82) is 5.26 Å². The summed E-state index contributed by atoms with van der Waals surface area (Å²) in [7, 11) is 0. The highest BCUT2D eigenvalue weighted by Gasteiger charge is 2.24. The molecule has 3 aromatic carbocycles. The lowest BCUT2D eigenvalue weighted by atomic mass is 9.98. The smallest absolute Gasteiger partial charge is 0.254 e. The third-order valence-electron chi connectivity index (χ3n) is 6.60. The molecule has 0 saturated carbocycles. The van der Waals surface area contributed by atoms with E-state index < -0.39 is 0 Å². The molecule has 1 amide bonds. The minimum absolute atomic E-state index is 0.116. The van der Waals surface area contributed by atoms with Crippen molar-refractivity contribution >= 4 is 22.4 Å². The summed E-state index contributed by atoms with van der Waals surface area (Å²) in [5.74, 6) is 0.116. The standard InChI is InChI=1S/C29H26N4O/c1-20-5-2-3-8-26(20)29(34)33-13-10-25(11-14-33)32-28-17-24(16-23-9-12-31-19-27(23)28)22-7-4-6-21(15-22)18-30/h2-9,12,15-17,19,25,32H,10-11,13-14H2,1H3. The fourth-order valence-electron chi connectivity index (χ4n) is 4.68. The van der Waals surface area contributed by atoms with Crippen LogP contribution in [-0.2, 0) is 0 Å². The van der Waals surface area contributed by atoms with Crippen LogP contribution in [0.15, 0.2) is 79.1 Å². The van der Waals surface area contributed by atoms with Crippen molar-refractivity contribution in [2.45, 2.75) is 25.8 Å². The highest BCUT2D eigenvalue weighted by Crippen LogP contribution is 2.32. The van der Waals surface area contributed by atoms with Crippen LogP contribution in [0.4, 0.5) is 5.69 Å². The lowest BCUT2D eigenvalue weighted by Crippen LogP contribution is -2.42. The Morgan fingerprint density at radius 2 is 1.85 bits per heavy atom. The van der Waals surface area contributed by atoms with E-state index in [4.69, 9.17) is 0 Å². The van der Waals surface area contributed by atoms with Crippen molar-refractivity contribution in [2.75, 3.05) is 18.4 Å². The van der Waals surface area contributed by atoms with Crippen LogP contribution in [0.25, 0.3) is 21.9 Å². The Labute approximate surface area is 199 Å². The fourth-order valence-corrected chi connectivity index (χ4v) is 4.68. The van der Waals surface area contributed by atoms with Gasteiger partial charge in [0.2, 0.25) is 0 Å². The number of likely N-dealkylation sites (tertiary alicyclic amines) is 1. The molecule has 1 aromatic heterocycles. The van der Waals surface area contributed by atoms with Gasteiger partial charge in [0.25, 0.3) is 5.91 Å². The molecule has 168 valence electrons. The van der Waals surface area contributed by atoms with E-state index >= 15 is 0 Å². The molecule has 1 aliphatic heterocycles. The van der Waals surface area contributed by atoms with E-state index in [1.807, 2.05) is 72.6 Å². The quantitative estimate of drug-likeness (QED) is 0.430. The fraction of sp³-hybridized carbons (Fsp3) is 0.207. The van der Waals surface area contributed by atoms with Gasteiger partial charge in [0, 0.05) is 48.2 Å². The molecule has 1 aliphatic rings. The van der Waals surface area contributed by atoms with E-state index in [9.17, 15) is 10.1 Å². The normalized spacial score (nSPS) is 14.1. The number of aromatic nitrogens is 1. The summed E-state index contributed by atoms with van der Waals surface area (Å²) < 4.78 is 0. The summed E-state index contributed by atoms with van der Waals surface area (Å²) in [6.45, 7) is 3.44. The van der Waals surface area contributed by atoms with Crippen molar-refractivity contribution < 1.29 is 4.79 Å². The molecule has 0 unspecified atom stereocenters. The largest absolute Gasteiger partial charge is 0.382 e. The van der Waals surface area contributed by atoms with Gasteiger partial charge in [0.1, 0.15) is 0 Å². The maximum absolute atomic E-state index is 13.0. The van der Waals surface area contributed by atoms with Crippen LogP contribution in [0.3, 0.4) is 0 Å². The third-order valence-corrected chi connectivity index (χ3v) is 6.60. The maximum Gasteiger partial charge on any atom is 0.254 e. The summed E-state index contributed by atoms with van der Waals surface area (Å²) in [4.78, 5) is 19.3. The maximum atomic E-state index is 13.0. The summed E-state index contributed by atoms with van der Waals surface area (Å²) in [5, 5.41) is 15.2. The molecule has 0 radical (unpaired) electrons. The number of pyridine rings is 1. The predicted octanol–water partition coefficient (Wildman–Crippen LogP) is 5.80. The second-order valence-electron chi connectivity index (χ2n) is 8.84. The summed E-state index contributed by atoms with van der Waals surface area (Å²) in [5.41, 5.74) is 5.56. The van der Waals surface area contributed by atoms with Gasteiger partial charge in [0.15, 0.2) is 0 Å². The predicted molar refractivity (Wildman–Crippen MR) is 136 cm³/mol. The second kappa shape index (κ2) is 9.36. The van der Waals surface area contributed by atoms with Crippen molar-refractivity contribution in [2.24, 2.45) is 0 Å². The van der Waals surface area contributed by atoms with Gasteiger partial charge in [-0.05, 0) is 78.2 Å². The Bertz CT molecular complexity index is 1400. The molecule has 1 fully saturated rings. The molecule has 5 nitrogen and oxygen atoms in total. The number of piperidine rings is 1. The Morgan fingerprint density at radius 3 is 2.65 bits per heavy atom. The monoisotopic (exact) mass is 446 g/mol. The molecule has 1 N–H and O–H groups in total. The van der Waals surface area contributed by atoms with Gasteiger partial charge in [0.05, 0.1) is 11.6 Å². The van der Waals surface area contributed by atoms with Crippen molar-refractivity contribution in [3.8, 4) is 17.2 Å². The van der Waals surface area contributed by atoms with Gasteiger partial charge in [-0.2, -0.15) is 5.26 Å². The van der Waals surface area contributed by atoms with Crippen LogP contribution in [0.5, 0.6) is 0 Å². The first-order chi connectivity index (χ1) is 16.6. The molecule has 0 spiro atoms. The summed E-state index contributed by atoms with van der Waals surface area (Å²) in [6.07, 6.45) is 5.46. The number of nitrogens with zero attached hydrogens (tertiary/aromatic N) is 3. The SMILES string of the molecule is Cc1ccccc1C(=O)N1CCC(Nc2cc(-c3cccc(C#N)c3)cc3ccncc23)CC1. The van der Waals surface area contributed by atoms with Crippen LogP contribution < -0.4 is 5.32 Å². The number of hydrogen-bond donors (Lipinski definition) is 1. The van der Waals surface area contributed by atoms with E-state index in [0.29, 0.717) is 5.56 Å². The number of anilines is 1. The van der Waals surface area contributed by atoms with Crippen molar-refractivity contribution in [3.05, 3.63) is 95.8 Å². The summed E-state index contributed by atoms with van der Waals surface area (Å²) in [6, 6.07) is 24.3. The first-order valence-electron chi connectivity index (χ1n) is 11.6. The van der Waals surface area contributed by atoms with Crippen molar-refractivity contribution in [3.63, 3.8) is 0 Å². The number of aryl methyl sites for hydroxylation is 1. The van der Waals surface area contributed by atoms with Crippen LogP contribution in [-0.4, -0.2) is 34.9 Å². The molecule has 0 bridgehead atoms. The van der Waals surface area contributed by atoms with Gasteiger partial charge >= 0.3 is 0 Å². The highest BCUT2D eigenvalue weighted by molar-refractivity contribution is 5.97. The number of hydrogen-bond acceptors (Lipinski definition) is 4. The number of nitrogens with one attached hydrogen (secondary N) is 1. The number of amides is 1. The molecule has 5 heteroatoms. The number of nitriles is 1. The highest BCUT2D eigenvalue weighted by atomic mass is 16.2. The average Bonchev–Trinajstić information content (AvgIpc) is 2.89. The Hall–Kier alpha value is -4.17. The van der Waals surface area contributed by atoms with Crippen LogP contribution >= 0.6 is 0 Å². The second-order valence-corrected chi connectivity index (χ2v) is 8.84. The zero-order chi connectivity index (χ0) is 23.5. The van der Waals surface area contributed by atoms with E-state index in [1.165, 1.54) is 0 Å². The Morgan fingerprint density at radius 1 is 1.03 bits per heavy atom. The topological polar surface area (TPSA) is 69.0 Å². The summed E-state index contributed by atoms with van der Waals surface area (Å²) >= 11 is 0. The molecule has 34 heavy (non-hydrogen) atoms. The van der Waals surface area contributed by atoms with Gasteiger partial charge in [-0.3, -0.25) is 9.78 Å². The zero-order valence-corrected chi connectivity index (χ0v) is 19.2. The number of rotatable bonds is 4. The third kappa shape index (κ3) is 4.35. The van der Waals surface area contributed by atoms with E-state index in [2.05, 4.69) is 28.5 Å². The van der Waals surface area contributed by atoms with Gasteiger partial charge in [-0.1, -0.05) is 30.3 Å². The van der Waals surface area contributed by atoms with Crippen LogP contribution in [0, 0.1) is 18.3 Å². The first kappa shape index (κ1) is 21.7. The molecule has 4 aromatic rings. The number of fused-ring (bicyclic) bond motifs is 1. The van der Waals surface area contributed by atoms with Gasteiger partial charge in [-0.15, -0.1) is 0 Å². The average molecular weight is 447 g/mol. The molecule has 5 rings (SSSR count). The molecule has 1 saturated heterocycles. The van der Waals surface area contributed by atoms with Crippen LogP contribution in [0.2, 0.25) is 0 Å². The lowest BCUT2D eigenvalue weighted by Gasteiger charge is -2.33. The van der Waals surface area contributed by atoms with Gasteiger partial charge in [-0.25, -0.2) is 0 Å². The number of carbonyl (C=O) groups excluding carboxylic acids is 1. The van der Waals surface area contributed by atoms with Gasteiger partial charge < -0.3 is 10.2 Å².